The molecular formula is C20H30Cl2Si. The molecule has 0 radical (unpaired) electrons. The number of hydrogen-bond acceptors (Lipinski definition) is 0. The summed E-state index contributed by atoms with van der Waals surface area (Å²) in [7, 11) is -0.547. The van der Waals surface area contributed by atoms with Gasteiger partial charge >= 0.3 is 0 Å². The van der Waals surface area contributed by atoms with Crippen molar-refractivity contribution in [3.05, 3.63) is 42.7 Å². The molecule has 2 aliphatic rings. The standard InChI is InChI=1S/C20H30Cl2Si/c1-10(2)20(11(3)4)15(8)18(14(7)19(20)22)23-17-12(5)9-16(21)13(17)6/h10-11H,9,23H2,1-8H3. The predicted molar refractivity (Wildman–Crippen MR) is 108 cm³/mol. The predicted octanol–water partition coefficient (Wildman–Crippen LogP) is 6.44. The Labute approximate surface area is 154 Å². The molecule has 0 amide bonds. The van der Waals surface area contributed by atoms with Gasteiger partial charge < -0.3 is 0 Å². The van der Waals surface area contributed by atoms with Crippen LogP contribution in [0.4, 0.5) is 0 Å². The van der Waals surface area contributed by atoms with Crippen LogP contribution in [0.5, 0.6) is 0 Å². The molecule has 2 aliphatic carbocycles. The molecule has 0 unspecified atom stereocenters. The third-order valence-corrected chi connectivity index (χ3v) is 10.1. The Bertz CT molecular complexity index is 649. The molecule has 0 aromatic rings. The molecule has 0 fully saturated rings. The maximum atomic E-state index is 6.96. The van der Waals surface area contributed by atoms with Gasteiger partial charge in [-0.1, -0.05) is 72.4 Å². The lowest BCUT2D eigenvalue weighted by atomic mass is 9.66. The van der Waals surface area contributed by atoms with E-state index in [0.717, 1.165) is 16.5 Å². The van der Waals surface area contributed by atoms with Crippen LogP contribution in [0, 0.1) is 17.3 Å². The van der Waals surface area contributed by atoms with Crippen molar-refractivity contribution >= 4 is 32.7 Å². The van der Waals surface area contributed by atoms with Crippen LogP contribution in [0.2, 0.25) is 0 Å². The molecule has 0 saturated heterocycles. The second-order valence-electron chi connectivity index (χ2n) is 7.86. The van der Waals surface area contributed by atoms with Crippen molar-refractivity contribution in [1.82, 2.24) is 0 Å². The van der Waals surface area contributed by atoms with Crippen LogP contribution in [-0.4, -0.2) is 9.52 Å². The molecule has 23 heavy (non-hydrogen) atoms. The Kier molecular flexibility index (Phi) is 5.46. The Morgan fingerprint density at radius 1 is 0.870 bits per heavy atom. The summed E-state index contributed by atoms with van der Waals surface area (Å²) in [5.41, 5.74) is 5.67. The first-order valence-electron chi connectivity index (χ1n) is 8.68. The third-order valence-electron chi connectivity index (χ3n) is 6.19. The summed E-state index contributed by atoms with van der Waals surface area (Å²) in [5.74, 6) is 1.02. The average molecular weight is 369 g/mol. The van der Waals surface area contributed by atoms with Gasteiger partial charge in [0.05, 0.1) is 9.52 Å². The molecule has 0 saturated carbocycles. The van der Waals surface area contributed by atoms with E-state index in [4.69, 9.17) is 23.2 Å². The summed E-state index contributed by atoms with van der Waals surface area (Å²) in [5, 5.41) is 5.24. The molecule has 0 atom stereocenters. The van der Waals surface area contributed by atoms with Gasteiger partial charge in [0.1, 0.15) is 0 Å². The van der Waals surface area contributed by atoms with Crippen molar-refractivity contribution in [3.8, 4) is 0 Å². The van der Waals surface area contributed by atoms with Gasteiger partial charge in [-0.15, -0.1) is 0 Å². The molecule has 0 aliphatic heterocycles. The van der Waals surface area contributed by atoms with Gasteiger partial charge in [-0.3, -0.25) is 0 Å². The zero-order chi connectivity index (χ0) is 17.7. The van der Waals surface area contributed by atoms with E-state index < -0.39 is 9.52 Å². The first kappa shape index (κ1) is 19.1. The normalized spacial score (nSPS) is 22.4. The lowest BCUT2D eigenvalue weighted by molar-refractivity contribution is 0.227. The van der Waals surface area contributed by atoms with Gasteiger partial charge in [0, 0.05) is 21.9 Å². The molecular weight excluding hydrogens is 339 g/mol. The van der Waals surface area contributed by atoms with Crippen molar-refractivity contribution in [3.63, 3.8) is 0 Å². The SMILES string of the molecule is CC1=C([SiH2]C2=C(C)C(C(C)C)(C(C)C)C(Cl)=C2C)C(C)=C(Cl)C1. The molecule has 0 N–H and O–H groups in total. The quantitative estimate of drug-likeness (QED) is 0.500. The highest BCUT2D eigenvalue weighted by molar-refractivity contribution is 6.58. The number of hydrogen-bond donors (Lipinski definition) is 0. The summed E-state index contributed by atoms with van der Waals surface area (Å²) < 4.78 is 0. The van der Waals surface area contributed by atoms with Crippen molar-refractivity contribution in [2.24, 2.45) is 17.3 Å². The van der Waals surface area contributed by atoms with Crippen LogP contribution in [0.3, 0.4) is 0 Å². The molecule has 0 bridgehead atoms. The van der Waals surface area contributed by atoms with Gasteiger partial charge in [0.15, 0.2) is 0 Å². The van der Waals surface area contributed by atoms with Crippen LogP contribution < -0.4 is 0 Å². The first-order valence-corrected chi connectivity index (χ1v) is 10.8. The molecule has 0 aromatic heterocycles. The van der Waals surface area contributed by atoms with Crippen LogP contribution in [0.1, 0.15) is 61.8 Å². The minimum absolute atomic E-state index is 0.0163. The van der Waals surface area contributed by atoms with E-state index in [9.17, 15) is 0 Å². The van der Waals surface area contributed by atoms with Crippen molar-refractivity contribution in [1.29, 1.82) is 0 Å². The van der Waals surface area contributed by atoms with Crippen LogP contribution in [0.15, 0.2) is 42.7 Å². The number of halogens is 2. The van der Waals surface area contributed by atoms with E-state index in [0.29, 0.717) is 11.8 Å². The second-order valence-corrected chi connectivity index (χ2v) is 10.5. The largest absolute Gasteiger partial charge is 0.0885 e. The molecule has 0 spiro atoms. The highest BCUT2D eigenvalue weighted by Gasteiger charge is 2.47. The average Bonchev–Trinajstić information content (AvgIpc) is 2.79. The van der Waals surface area contributed by atoms with Gasteiger partial charge in [-0.2, -0.15) is 0 Å². The van der Waals surface area contributed by atoms with E-state index in [1.165, 1.54) is 22.3 Å². The van der Waals surface area contributed by atoms with Crippen LogP contribution in [-0.2, 0) is 0 Å². The zero-order valence-corrected chi connectivity index (χ0v) is 18.8. The van der Waals surface area contributed by atoms with Crippen molar-refractivity contribution < 1.29 is 0 Å². The van der Waals surface area contributed by atoms with Crippen molar-refractivity contribution in [2.75, 3.05) is 0 Å². The lowest BCUT2D eigenvalue weighted by Crippen LogP contribution is -2.33. The minimum atomic E-state index is -0.547. The molecule has 0 heterocycles. The van der Waals surface area contributed by atoms with E-state index in [-0.39, 0.29) is 5.41 Å². The number of rotatable bonds is 4. The van der Waals surface area contributed by atoms with Gasteiger partial charge in [0.25, 0.3) is 0 Å². The Hall–Kier alpha value is -0.243. The fraction of sp³-hybridized carbons (Fsp3) is 0.600. The summed E-state index contributed by atoms with van der Waals surface area (Å²) in [4.78, 5) is 0. The lowest BCUT2D eigenvalue weighted by Gasteiger charge is -2.40. The molecule has 3 heteroatoms. The summed E-state index contributed by atoms with van der Waals surface area (Å²) >= 11 is 13.4. The minimum Gasteiger partial charge on any atom is -0.0885 e. The van der Waals surface area contributed by atoms with Gasteiger partial charge in [-0.05, 0) is 50.7 Å². The highest BCUT2D eigenvalue weighted by atomic mass is 35.5. The Morgan fingerprint density at radius 3 is 1.74 bits per heavy atom. The van der Waals surface area contributed by atoms with E-state index in [1.54, 1.807) is 10.4 Å². The van der Waals surface area contributed by atoms with Crippen molar-refractivity contribution in [2.45, 2.75) is 61.8 Å². The second kappa shape index (κ2) is 6.58. The Balaban J connectivity index is 2.56. The van der Waals surface area contributed by atoms with Crippen LogP contribution >= 0.6 is 23.2 Å². The summed E-state index contributed by atoms with van der Waals surface area (Å²) in [6, 6.07) is 0. The maximum Gasteiger partial charge on any atom is 0.0882 e. The topological polar surface area (TPSA) is 0 Å². The third kappa shape index (κ3) is 2.73. The monoisotopic (exact) mass is 368 g/mol. The first-order chi connectivity index (χ1) is 10.6. The summed E-state index contributed by atoms with van der Waals surface area (Å²) in [6.45, 7) is 18.2. The van der Waals surface area contributed by atoms with E-state index in [1.807, 2.05) is 0 Å². The fourth-order valence-electron chi connectivity index (χ4n) is 4.86. The highest BCUT2D eigenvalue weighted by Crippen LogP contribution is 2.57. The van der Waals surface area contributed by atoms with Crippen LogP contribution in [0.25, 0.3) is 0 Å². The zero-order valence-electron chi connectivity index (χ0n) is 15.8. The maximum absolute atomic E-state index is 6.96. The Morgan fingerprint density at radius 2 is 1.39 bits per heavy atom. The smallest absolute Gasteiger partial charge is 0.0882 e. The van der Waals surface area contributed by atoms with Gasteiger partial charge in [-0.25, -0.2) is 0 Å². The molecule has 0 aromatic carbocycles. The van der Waals surface area contributed by atoms with Gasteiger partial charge in [0.2, 0.25) is 0 Å². The molecule has 128 valence electrons. The summed E-state index contributed by atoms with van der Waals surface area (Å²) in [6.07, 6.45) is 0.943. The van der Waals surface area contributed by atoms with E-state index >= 15 is 0 Å². The fourth-order valence-corrected chi connectivity index (χ4v) is 8.35. The van der Waals surface area contributed by atoms with E-state index in [2.05, 4.69) is 55.4 Å². The molecule has 2 rings (SSSR count). The number of allylic oxidation sites excluding steroid dienone is 8. The molecule has 0 nitrogen and oxygen atoms in total.